The number of carbonyl (C=O) groups excluding carboxylic acids is 1. The molecule has 0 aliphatic carbocycles. The molecule has 0 spiro atoms. The fourth-order valence-electron chi connectivity index (χ4n) is 1.99. The van der Waals surface area contributed by atoms with Crippen molar-refractivity contribution < 1.29 is 14.3 Å². The molecule has 5 nitrogen and oxygen atoms in total. The van der Waals surface area contributed by atoms with E-state index in [4.69, 9.17) is 26.8 Å². The monoisotopic (exact) mass is 284 g/mol. The van der Waals surface area contributed by atoms with Crippen LogP contribution in [0.5, 0.6) is 5.75 Å². The van der Waals surface area contributed by atoms with Gasteiger partial charge in [-0.1, -0.05) is 23.7 Å². The minimum absolute atomic E-state index is 0.0793. The number of hydrogen-bond donors (Lipinski definition) is 1. The molecule has 6 heteroatoms. The predicted molar refractivity (Wildman–Crippen MR) is 72.3 cm³/mol. The molecule has 0 radical (unpaired) electrons. The number of para-hydroxylation sites is 1. The number of halogens is 1. The van der Waals surface area contributed by atoms with Crippen LogP contribution in [-0.2, 0) is 9.53 Å². The third-order valence-electron chi connectivity index (χ3n) is 2.86. The molecule has 1 saturated heterocycles. The van der Waals surface area contributed by atoms with Crippen LogP contribution >= 0.6 is 11.6 Å². The summed E-state index contributed by atoms with van der Waals surface area (Å²) in [6, 6.07) is 7.30. The quantitative estimate of drug-likeness (QED) is 0.873. The summed E-state index contributed by atoms with van der Waals surface area (Å²) in [5.74, 6) is 0.312. The van der Waals surface area contributed by atoms with E-state index in [0.717, 1.165) is 0 Å². The molecule has 1 aliphatic heterocycles. The standard InChI is InChI=1S/C13H17ClN2O3/c14-11-3-1-2-4-12(11)19-9-10-7-16(5-6-18-10)8-13(15)17/h1-4,10H,5-9H2,(H2,15,17)/t10-/m1/s1. The molecule has 1 heterocycles. The van der Waals surface area contributed by atoms with Crippen molar-refractivity contribution in [2.24, 2.45) is 5.73 Å². The molecular formula is C13H17ClN2O3. The van der Waals surface area contributed by atoms with Crippen LogP contribution in [0.2, 0.25) is 5.02 Å². The number of ether oxygens (including phenoxy) is 2. The number of primary amides is 1. The average Bonchev–Trinajstić information content (AvgIpc) is 2.37. The number of carbonyl (C=O) groups is 1. The van der Waals surface area contributed by atoms with Gasteiger partial charge in [0.1, 0.15) is 18.5 Å². The molecule has 0 unspecified atom stereocenters. The van der Waals surface area contributed by atoms with E-state index in [0.29, 0.717) is 37.1 Å². The Labute approximate surface area is 117 Å². The van der Waals surface area contributed by atoms with Crippen LogP contribution in [0.3, 0.4) is 0 Å². The van der Waals surface area contributed by atoms with Crippen molar-refractivity contribution in [2.45, 2.75) is 6.10 Å². The Bertz CT molecular complexity index is 442. The molecule has 1 atom stereocenters. The van der Waals surface area contributed by atoms with E-state index >= 15 is 0 Å². The fourth-order valence-corrected chi connectivity index (χ4v) is 2.18. The number of hydrogen-bond acceptors (Lipinski definition) is 4. The number of amides is 1. The van der Waals surface area contributed by atoms with Gasteiger partial charge in [0.05, 0.1) is 18.2 Å². The molecule has 19 heavy (non-hydrogen) atoms. The second-order valence-corrected chi connectivity index (χ2v) is 4.84. The van der Waals surface area contributed by atoms with Gasteiger partial charge in [-0.3, -0.25) is 9.69 Å². The minimum Gasteiger partial charge on any atom is -0.489 e. The molecule has 1 fully saturated rings. The first-order valence-corrected chi connectivity index (χ1v) is 6.52. The highest BCUT2D eigenvalue weighted by Crippen LogP contribution is 2.23. The Hall–Kier alpha value is -1.30. The van der Waals surface area contributed by atoms with Crippen LogP contribution in [0.1, 0.15) is 0 Å². The van der Waals surface area contributed by atoms with Gasteiger partial charge in [0, 0.05) is 13.1 Å². The zero-order valence-electron chi connectivity index (χ0n) is 10.5. The number of morpholine rings is 1. The molecule has 0 aromatic heterocycles. The Morgan fingerprint density at radius 2 is 2.32 bits per heavy atom. The van der Waals surface area contributed by atoms with E-state index in [-0.39, 0.29) is 18.6 Å². The minimum atomic E-state index is -0.326. The molecule has 104 valence electrons. The summed E-state index contributed by atoms with van der Waals surface area (Å²) < 4.78 is 11.2. The number of rotatable bonds is 5. The first-order chi connectivity index (χ1) is 9.15. The van der Waals surface area contributed by atoms with E-state index in [9.17, 15) is 4.79 Å². The van der Waals surface area contributed by atoms with E-state index in [1.54, 1.807) is 6.07 Å². The number of nitrogens with zero attached hydrogens (tertiary/aromatic N) is 1. The lowest BCUT2D eigenvalue weighted by atomic mass is 10.3. The Morgan fingerprint density at radius 3 is 3.05 bits per heavy atom. The second kappa shape index (κ2) is 6.75. The summed E-state index contributed by atoms with van der Waals surface area (Å²) in [5.41, 5.74) is 5.18. The van der Waals surface area contributed by atoms with Crippen molar-refractivity contribution in [1.82, 2.24) is 4.90 Å². The lowest BCUT2D eigenvalue weighted by molar-refractivity contribution is -0.121. The molecule has 2 rings (SSSR count). The van der Waals surface area contributed by atoms with Crippen molar-refractivity contribution in [3.05, 3.63) is 29.3 Å². The van der Waals surface area contributed by atoms with Crippen molar-refractivity contribution in [2.75, 3.05) is 32.8 Å². The largest absolute Gasteiger partial charge is 0.489 e. The van der Waals surface area contributed by atoms with Gasteiger partial charge in [0.25, 0.3) is 0 Å². The lowest BCUT2D eigenvalue weighted by Crippen LogP contribution is -2.47. The maximum atomic E-state index is 10.9. The highest BCUT2D eigenvalue weighted by molar-refractivity contribution is 6.32. The second-order valence-electron chi connectivity index (χ2n) is 4.44. The third kappa shape index (κ3) is 4.38. The zero-order chi connectivity index (χ0) is 13.7. The van der Waals surface area contributed by atoms with Gasteiger partial charge in [0.2, 0.25) is 5.91 Å². The van der Waals surface area contributed by atoms with Crippen LogP contribution in [0.15, 0.2) is 24.3 Å². The van der Waals surface area contributed by atoms with Crippen molar-refractivity contribution in [3.8, 4) is 5.75 Å². The Balaban J connectivity index is 1.82. The highest BCUT2D eigenvalue weighted by Gasteiger charge is 2.22. The van der Waals surface area contributed by atoms with Crippen LogP contribution in [0, 0.1) is 0 Å². The smallest absolute Gasteiger partial charge is 0.231 e. The van der Waals surface area contributed by atoms with Gasteiger partial charge in [-0.2, -0.15) is 0 Å². The van der Waals surface area contributed by atoms with Gasteiger partial charge in [-0.05, 0) is 12.1 Å². The van der Waals surface area contributed by atoms with Crippen LogP contribution in [-0.4, -0.2) is 49.8 Å². The molecule has 2 N–H and O–H groups in total. The Morgan fingerprint density at radius 1 is 1.53 bits per heavy atom. The summed E-state index contributed by atoms with van der Waals surface area (Å²) in [6.45, 7) is 2.58. The van der Waals surface area contributed by atoms with Gasteiger partial charge >= 0.3 is 0 Å². The normalized spacial score (nSPS) is 20.2. The van der Waals surface area contributed by atoms with E-state index in [1.165, 1.54) is 0 Å². The molecule has 0 saturated carbocycles. The molecule has 1 aliphatic rings. The molecule has 0 bridgehead atoms. The summed E-state index contributed by atoms with van der Waals surface area (Å²) in [6.07, 6.45) is -0.0793. The topological polar surface area (TPSA) is 64.8 Å². The van der Waals surface area contributed by atoms with Crippen LogP contribution in [0.25, 0.3) is 0 Å². The number of benzene rings is 1. The van der Waals surface area contributed by atoms with Crippen molar-refractivity contribution in [1.29, 1.82) is 0 Å². The highest BCUT2D eigenvalue weighted by atomic mass is 35.5. The van der Waals surface area contributed by atoms with E-state index in [1.807, 2.05) is 23.1 Å². The van der Waals surface area contributed by atoms with Gasteiger partial charge in [-0.15, -0.1) is 0 Å². The fraction of sp³-hybridized carbons (Fsp3) is 0.462. The lowest BCUT2D eigenvalue weighted by Gasteiger charge is -2.31. The molecule has 1 aromatic rings. The van der Waals surface area contributed by atoms with Gasteiger partial charge < -0.3 is 15.2 Å². The van der Waals surface area contributed by atoms with Crippen LogP contribution in [0.4, 0.5) is 0 Å². The van der Waals surface area contributed by atoms with Gasteiger partial charge in [0.15, 0.2) is 0 Å². The molecular weight excluding hydrogens is 268 g/mol. The maximum absolute atomic E-state index is 10.9. The predicted octanol–water partition coefficient (Wildman–Crippen LogP) is 0.905. The Kier molecular flexibility index (Phi) is 5.01. The van der Waals surface area contributed by atoms with Gasteiger partial charge in [-0.25, -0.2) is 0 Å². The SMILES string of the molecule is NC(=O)CN1CCO[C@@H](COc2ccccc2Cl)C1. The first kappa shape index (κ1) is 14.1. The van der Waals surface area contributed by atoms with Crippen molar-refractivity contribution in [3.63, 3.8) is 0 Å². The maximum Gasteiger partial charge on any atom is 0.231 e. The first-order valence-electron chi connectivity index (χ1n) is 6.15. The van der Waals surface area contributed by atoms with E-state index in [2.05, 4.69) is 0 Å². The molecule has 1 amide bonds. The number of nitrogens with two attached hydrogens (primary N) is 1. The summed E-state index contributed by atoms with van der Waals surface area (Å²) in [5, 5.41) is 0.576. The van der Waals surface area contributed by atoms with E-state index < -0.39 is 0 Å². The summed E-state index contributed by atoms with van der Waals surface area (Å²) in [4.78, 5) is 12.9. The van der Waals surface area contributed by atoms with Crippen LogP contribution < -0.4 is 10.5 Å². The summed E-state index contributed by atoms with van der Waals surface area (Å²) in [7, 11) is 0. The third-order valence-corrected chi connectivity index (χ3v) is 3.18. The average molecular weight is 285 g/mol. The summed E-state index contributed by atoms with van der Waals surface area (Å²) >= 11 is 6.00. The molecule has 1 aromatic carbocycles. The zero-order valence-corrected chi connectivity index (χ0v) is 11.3. The van der Waals surface area contributed by atoms with Crippen molar-refractivity contribution >= 4 is 17.5 Å².